The van der Waals surface area contributed by atoms with Crippen LogP contribution in [0.4, 0.5) is 13.2 Å². The molecule has 112 valence electrons. The van der Waals surface area contributed by atoms with E-state index in [0.29, 0.717) is 15.9 Å². The number of alkyl halides is 3. The molecule has 0 saturated heterocycles. The summed E-state index contributed by atoms with van der Waals surface area (Å²) >= 11 is 1.06. The Balaban J connectivity index is 2.43. The molecule has 0 aliphatic heterocycles. The monoisotopic (exact) mass is 315 g/mol. The number of nitrogens with zero attached hydrogens (tertiary/aromatic N) is 3. The molecular formula is C12H12F3N5S. The fourth-order valence-corrected chi connectivity index (χ4v) is 2.51. The lowest BCUT2D eigenvalue weighted by Crippen LogP contribution is -2.18. The number of nitrogens with two attached hydrogens (primary N) is 1. The molecule has 0 aliphatic carbocycles. The van der Waals surface area contributed by atoms with Crippen molar-refractivity contribution in [1.29, 1.82) is 5.41 Å². The zero-order valence-corrected chi connectivity index (χ0v) is 12.0. The van der Waals surface area contributed by atoms with Crippen LogP contribution in [0.25, 0.3) is 0 Å². The van der Waals surface area contributed by atoms with E-state index >= 15 is 0 Å². The predicted molar refractivity (Wildman–Crippen MR) is 72.3 cm³/mol. The Bertz CT molecular complexity index is 693. The third kappa shape index (κ3) is 3.18. The number of hydrogen-bond acceptors (Lipinski definition) is 4. The SMILES string of the molecule is Cc1nnc(Sc2ccc(C(=N)N)c(C(F)(F)F)c2)n1C. The Morgan fingerprint density at radius 3 is 2.48 bits per heavy atom. The summed E-state index contributed by atoms with van der Waals surface area (Å²) in [5.74, 6) is 0.0438. The molecule has 2 rings (SSSR count). The second kappa shape index (κ2) is 5.40. The lowest BCUT2D eigenvalue weighted by molar-refractivity contribution is -0.137. The van der Waals surface area contributed by atoms with Gasteiger partial charge in [0.05, 0.1) is 5.56 Å². The van der Waals surface area contributed by atoms with E-state index in [-0.39, 0.29) is 5.56 Å². The maximum Gasteiger partial charge on any atom is 0.417 e. The van der Waals surface area contributed by atoms with Crippen molar-refractivity contribution in [3.63, 3.8) is 0 Å². The number of amidine groups is 1. The molecule has 0 aliphatic rings. The van der Waals surface area contributed by atoms with Crippen molar-refractivity contribution >= 4 is 17.6 Å². The van der Waals surface area contributed by atoms with Gasteiger partial charge in [0.1, 0.15) is 11.7 Å². The van der Waals surface area contributed by atoms with Gasteiger partial charge in [-0.3, -0.25) is 5.41 Å². The van der Waals surface area contributed by atoms with Crippen LogP contribution in [0.1, 0.15) is 17.0 Å². The minimum atomic E-state index is -4.58. The first-order chi connectivity index (χ1) is 9.70. The van der Waals surface area contributed by atoms with E-state index < -0.39 is 17.6 Å². The first-order valence-electron chi connectivity index (χ1n) is 5.79. The average molecular weight is 315 g/mol. The maximum absolute atomic E-state index is 13.0. The Morgan fingerprint density at radius 2 is 2.00 bits per heavy atom. The molecule has 3 N–H and O–H groups in total. The molecular weight excluding hydrogens is 303 g/mol. The summed E-state index contributed by atoms with van der Waals surface area (Å²) in [6, 6.07) is 3.63. The van der Waals surface area contributed by atoms with Gasteiger partial charge in [0.25, 0.3) is 0 Å². The summed E-state index contributed by atoms with van der Waals surface area (Å²) in [7, 11) is 1.73. The van der Waals surface area contributed by atoms with Crippen molar-refractivity contribution in [2.75, 3.05) is 0 Å². The highest BCUT2D eigenvalue weighted by Gasteiger charge is 2.34. The Labute approximate surface area is 122 Å². The number of hydrogen-bond donors (Lipinski definition) is 2. The van der Waals surface area contributed by atoms with E-state index in [4.69, 9.17) is 11.1 Å². The zero-order chi connectivity index (χ0) is 15.8. The van der Waals surface area contributed by atoms with Crippen LogP contribution in [0.3, 0.4) is 0 Å². The summed E-state index contributed by atoms with van der Waals surface area (Å²) in [5, 5.41) is 15.4. The summed E-state index contributed by atoms with van der Waals surface area (Å²) in [4.78, 5) is 0.350. The molecule has 0 radical (unpaired) electrons. The summed E-state index contributed by atoms with van der Waals surface area (Å²) < 4.78 is 40.7. The molecule has 5 nitrogen and oxygen atoms in total. The quantitative estimate of drug-likeness (QED) is 0.674. The molecule has 0 amide bonds. The molecule has 0 bridgehead atoms. The summed E-state index contributed by atoms with van der Waals surface area (Å²) in [6.07, 6.45) is -4.58. The fourth-order valence-electron chi connectivity index (χ4n) is 1.64. The van der Waals surface area contributed by atoms with Gasteiger partial charge in [0.15, 0.2) is 5.16 Å². The van der Waals surface area contributed by atoms with E-state index in [2.05, 4.69) is 10.2 Å². The lowest BCUT2D eigenvalue weighted by atomic mass is 10.1. The van der Waals surface area contributed by atoms with Crippen LogP contribution >= 0.6 is 11.8 Å². The van der Waals surface area contributed by atoms with Crippen molar-refractivity contribution < 1.29 is 13.2 Å². The molecule has 1 heterocycles. The van der Waals surface area contributed by atoms with Crippen LogP contribution in [0.5, 0.6) is 0 Å². The van der Waals surface area contributed by atoms with Crippen LogP contribution in [0.2, 0.25) is 0 Å². The molecule has 0 spiro atoms. The van der Waals surface area contributed by atoms with Gasteiger partial charge in [-0.15, -0.1) is 10.2 Å². The number of rotatable bonds is 3. The van der Waals surface area contributed by atoms with Crippen LogP contribution in [0, 0.1) is 12.3 Å². The number of halogens is 3. The molecule has 0 unspecified atom stereocenters. The molecule has 1 aromatic carbocycles. The number of nitrogens with one attached hydrogen (secondary N) is 1. The first kappa shape index (κ1) is 15.4. The maximum atomic E-state index is 13.0. The van der Waals surface area contributed by atoms with Crippen molar-refractivity contribution in [2.45, 2.75) is 23.2 Å². The smallest absolute Gasteiger partial charge is 0.384 e. The van der Waals surface area contributed by atoms with Gasteiger partial charge in [0, 0.05) is 17.5 Å². The van der Waals surface area contributed by atoms with Gasteiger partial charge in [-0.25, -0.2) is 0 Å². The van der Waals surface area contributed by atoms with Gasteiger partial charge < -0.3 is 10.3 Å². The number of aromatic nitrogens is 3. The molecule has 0 fully saturated rings. The van der Waals surface area contributed by atoms with Gasteiger partial charge in [0.2, 0.25) is 0 Å². The molecule has 2 aromatic rings. The molecule has 21 heavy (non-hydrogen) atoms. The summed E-state index contributed by atoms with van der Waals surface area (Å²) in [5.41, 5.74) is 3.93. The van der Waals surface area contributed by atoms with E-state index in [0.717, 1.165) is 17.8 Å². The Hall–Kier alpha value is -2.03. The van der Waals surface area contributed by atoms with Gasteiger partial charge in [-0.05, 0) is 36.9 Å². The van der Waals surface area contributed by atoms with Gasteiger partial charge in [-0.1, -0.05) is 0 Å². The van der Waals surface area contributed by atoms with E-state index in [1.165, 1.54) is 12.1 Å². The highest BCUT2D eigenvalue weighted by Crippen LogP contribution is 2.36. The normalized spacial score (nSPS) is 11.7. The Morgan fingerprint density at radius 1 is 1.33 bits per heavy atom. The predicted octanol–water partition coefficient (Wildman–Crippen LogP) is 2.58. The molecule has 1 aromatic heterocycles. The number of benzene rings is 1. The van der Waals surface area contributed by atoms with Crippen LogP contribution < -0.4 is 5.73 Å². The van der Waals surface area contributed by atoms with Crippen LogP contribution in [-0.2, 0) is 13.2 Å². The van der Waals surface area contributed by atoms with Crippen LogP contribution in [0.15, 0.2) is 28.3 Å². The minimum Gasteiger partial charge on any atom is -0.384 e. The lowest BCUT2D eigenvalue weighted by Gasteiger charge is -2.13. The van der Waals surface area contributed by atoms with E-state index in [9.17, 15) is 13.2 Å². The number of aryl methyl sites for hydroxylation is 1. The second-order valence-electron chi connectivity index (χ2n) is 4.31. The standard InChI is InChI=1S/C12H12F3N5S/c1-6-18-19-11(20(6)2)21-7-3-4-8(10(16)17)9(5-7)12(13,14)15/h3-5H,1-2H3,(H3,16,17). The molecule has 0 saturated carbocycles. The van der Waals surface area contributed by atoms with Gasteiger partial charge in [-0.2, -0.15) is 13.2 Å². The fraction of sp³-hybridized carbons (Fsp3) is 0.250. The van der Waals surface area contributed by atoms with E-state index in [1.54, 1.807) is 18.5 Å². The van der Waals surface area contributed by atoms with Crippen molar-refractivity contribution in [1.82, 2.24) is 14.8 Å². The molecule has 0 atom stereocenters. The van der Waals surface area contributed by atoms with Crippen molar-refractivity contribution in [3.8, 4) is 0 Å². The third-order valence-electron chi connectivity index (χ3n) is 2.85. The highest BCUT2D eigenvalue weighted by molar-refractivity contribution is 7.99. The zero-order valence-electron chi connectivity index (χ0n) is 11.2. The summed E-state index contributed by atoms with van der Waals surface area (Å²) in [6.45, 7) is 1.75. The topological polar surface area (TPSA) is 80.6 Å². The van der Waals surface area contributed by atoms with Crippen LogP contribution in [-0.4, -0.2) is 20.6 Å². The van der Waals surface area contributed by atoms with E-state index in [1.807, 2.05) is 0 Å². The largest absolute Gasteiger partial charge is 0.417 e. The Kier molecular flexibility index (Phi) is 3.95. The average Bonchev–Trinajstić information content (AvgIpc) is 2.69. The van der Waals surface area contributed by atoms with Crippen molar-refractivity contribution in [3.05, 3.63) is 35.2 Å². The third-order valence-corrected chi connectivity index (χ3v) is 3.88. The second-order valence-corrected chi connectivity index (χ2v) is 5.35. The minimum absolute atomic E-state index is 0.332. The molecule has 9 heteroatoms. The number of nitrogen functional groups attached to an aromatic ring is 1. The first-order valence-corrected chi connectivity index (χ1v) is 6.61. The van der Waals surface area contributed by atoms with Crippen molar-refractivity contribution in [2.24, 2.45) is 12.8 Å². The highest BCUT2D eigenvalue weighted by atomic mass is 32.2. The van der Waals surface area contributed by atoms with Gasteiger partial charge >= 0.3 is 6.18 Å².